The summed E-state index contributed by atoms with van der Waals surface area (Å²) >= 11 is 0. The summed E-state index contributed by atoms with van der Waals surface area (Å²) in [7, 11) is 0. The van der Waals surface area contributed by atoms with E-state index in [9.17, 15) is 14.0 Å². The van der Waals surface area contributed by atoms with Gasteiger partial charge in [-0.15, -0.1) is 0 Å². The average Bonchev–Trinajstić information content (AvgIpc) is 3.18. The van der Waals surface area contributed by atoms with Crippen LogP contribution in [0.3, 0.4) is 0 Å². The van der Waals surface area contributed by atoms with Crippen molar-refractivity contribution in [3.63, 3.8) is 0 Å². The van der Waals surface area contributed by atoms with Crippen LogP contribution in [0.4, 0.5) is 10.1 Å². The van der Waals surface area contributed by atoms with Crippen LogP contribution in [0.15, 0.2) is 46.9 Å². The molecule has 0 spiro atoms. The summed E-state index contributed by atoms with van der Waals surface area (Å²) < 4.78 is 14.0. The van der Waals surface area contributed by atoms with Gasteiger partial charge in [-0.2, -0.15) is 0 Å². The highest BCUT2D eigenvalue weighted by molar-refractivity contribution is 5.77. The Bertz CT molecular complexity index is 985. The van der Waals surface area contributed by atoms with Gasteiger partial charge in [0.25, 0.3) is 5.56 Å². The topological polar surface area (TPSA) is 108 Å². The largest absolute Gasteiger partial charge is 0.480 e. The maximum atomic E-state index is 12.8. The van der Waals surface area contributed by atoms with E-state index in [0.29, 0.717) is 25.2 Å². The smallest absolute Gasteiger partial charge is 0.326 e. The summed E-state index contributed by atoms with van der Waals surface area (Å²) in [5.41, 5.74) is 1.43. The van der Waals surface area contributed by atoms with Crippen molar-refractivity contribution < 1.29 is 14.3 Å². The van der Waals surface area contributed by atoms with Crippen LogP contribution in [0, 0.1) is 11.2 Å². The van der Waals surface area contributed by atoms with Crippen molar-refractivity contribution in [2.45, 2.75) is 45.6 Å². The molecule has 1 aliphatic rings. The monoisotopic (exact) mass is 414 g/mol. The Morgan fingerprint density at radius 3 is 2.77 bits per heavy atom. The van der Waals surface area contributed by atoms with Gasteiger partial charge in [-0.05, 0) is 37.0 Å². The van der Waals surface area contributed by atoms with Gasteiger partial charge < -0.3 is 15.8 Å². The first-order valence-corrected chi connectivity index (χ1v) is 9.89. The third-order valence-corrected chi connectivity index (χ3v) is 4.82. The number of benzene rings is 1. The summed E-state index contributed by atoms with van der Waals surface area (Å²) in [4.78, 5) is 27.6. The fourth-order valence-corrected chi connectivity index (χ4v) is 3.16. The lowest BCUT2D eigenvalue weighted by atomic mass is 10.1. The van der Waals surface area contributed by atoms with Crippen molar-refractivity contribution in [3.8, 4) is 0 Å². The number of carbonyl (C=O) groups is 1. The molecular weight excluding hydrogens is 387 g/mol. The van der Waals surface area contributed by atoms with Gasteiger partial charge >= 0.3 is 5.97 Å². The van der Waals surface area contributed by atoms with Crippen LogP contribution in [0.25, 0.3) is 0 Å². The average molecular weight is 414 g/mol. The molecule has 1 atom stereocenters. The van der Waals surface area contributed by atoms with Gasteiger partial charge in [-0.3, -0.25) is 9.36 Å². The molecule has 0 fully saturated rings. The van der Waals surface area contributed by atoms with Gasteiger partial charge in [0.15, 0.2) is 0 Å². The number of hydrogen-bond acceptors (Lipinski definition) is 5. The lowest BCUT2D eigenvalue weighted by Crippen LogP contribution is -2.30. The Labute approximate surface area is 174 Å². The fourth-order valence-electron chi connectivity index (χ4n) is 3.16. The molecule has 0 saturated heterocycles. The molecule has 0 radical (unpaired) electrons. The zero-order valence-corrected chi connectivity index (χ0v) is 17.2. The second-order valence-electron chi connectivity index (χ2n) is 6.86. The van der Waals surface area contributed by atoms with E-state index in [0.717, 1.165) is 24.0 Å². The number of aliphatic carboxylic acids is 1. The van der Waals surface area contributed by atoms with E-state index in [1.54, 1.807) is 19.1 Å². The molecule has 0 aliphatic carbocycles. The van der Waals surface area contributed by atoms with E-state index in [1.807, 2.05) is 19.1 Å². The SMILES string of the molecule is C/C=C(\C=N)CNc1cnc2n(c1=O)C(C(=O)O)CC2.CCCc1ccccc1F. The van der Waals surface area contributed by atoms with Crippen LogP contribution in [-0.2, 0) is 17.6 Å². The minimum Gasteiger partial charge on any atom is -0.480 e. The molecule has 1 aromatic heterocycles. The summed E-state index contributed by atoms with van der Waals surface area (Å²) in [5.74, 6) is -0.589. The first kappa shape index (κ1) is 23.0. The summed E-state index contributed by atoms with van der Waals surface area (Å²) in [5, 5.41) is 19.2. The van der Waals surface area contributed by atoms with Crippen LogP contribution in [0.1, 0.15) is 44.1 Å². The zero-order chi connectivity index (χ0) is 22.1. The van der Waals surface area contributed by atoms with Crippen molar-refractivity contribution in [2.24, 2.45) is 0 Å². The van der Waals surface area contributed by atoms with E-state index in [4.69, 9.17) is 10.5 Å². The number of aromatic nitrogens is 2. The van der Waals surface area contributed by atoms with E-state index in [1.165, 1.54) is 23.0 Å². The quantitative estimate of drug-likeness (QED) is 0.600. The Morgan fingerprint density at radius 1 is 1.43 bits per heavy atom. The van der Waals surface area contributed by atoms with Crippen LogP contribution in [-0.4, -0.2) is 33.4 Å². The Balaban J connectivity index is 0.000000269. The molecule has 3 N–H and O–H groups in total. The van der Waals surface area contributed by atoms with Crippen molar-refractivity contribution in [2.75, 3.05) is 11.9 Å². The predicted octanol–water partition coefficient (Wildman–Crippen LogP) is 3.60. The van der Waals surface area contributed by atoms with Gasteiger partial charge in [0.05, 0.1) is 6.20 Å². The van der Waals surface area contributed by atoms with Crippen LogP contribution in [0.5, 0.6) is 0 Å². The Hall–Kier alpha value is -3.29. The molecular formula is C22H27FN4O3. The van der Waals surface area contributed by atoms with E-state index in [2.05, 4.69) is 10.3 Å². The second-order valence-corrected chi connectivity index (χ2v) is 6.86. The Kier molecular flexibility index (Phi) is 8.46. The van der Waals surface area contributed by atoms with Crippen molar-refractivity contribution >= 4 is 17.9 Å². The van der Waals surface area contributed by atoms with Gasteiger partial charge in [0.2, 0.25) is 0 Å². The molecule has 1 unspecified atom stereocenters. The summed E-state index contributed by atoms with van der Waals surface area (Å²) in [6, 6.07) is 6.09. The maximum Gasteiger partial charge on any atom is 0.326 e. The minimum atomic E-state index is -1.02. The van der Waals surface area contributed by atoms with Gasteiger partial charge in [-0.1, -0.05) is 37.6 Å². The fraction of sp³-hybridized carbons (Fsp3) is 0.364. The molecule has 2 aromatic rings. The highest BCUT2D eigenvalue weighted by atomic mass is 19.1. The van der Waals surface area contributed by atoms with E-state index < -0.39 is 12.0 Å². The number of carboxylic acid groups (broad SMARTS) is 1. The van der Waals surface area contributed by atoms with Crippen molar-refractivity contribution in [1.29, 1.82) is 5.41 Å². The molecule has 2 heterocycles. The third kappa shape index (κ3) is 5.62. The highest BCUT2D eigenvalue weighted by Gasteiger charge is 2.30. The van der Waals surface area contributed by atoms with Gasteiger partial charge in [0, 0.05) is 19.2 Å². The number of fused-ring (bicyclic) bond motifs is 1. The lowest BCUT2D eigenvalue weighted by Gasteiger charge is -2.12. The van der Waals surface area contributed by atoms with Crippen LogP contribution < -0.4 is 10.9 Å². The van der Waals surface area contributed by atoms with Gasteiger partial charge in [0.1, 0.15) is 23.4 Å². The first-order valence-electron chi connectivity index (χ1n) is 9.89. The molecule has 30 heavy (non-hydrogen) atoms. The lowest BCUT2D eigenvalue weighted by molar-refractivity contribution is -0.140. The Morgan fingerprint density at radius 2 is 2.17 bits per heavy atom. The molecule has 0 saturated carbocycles. The molecule has 8 heteroatoms. The number of nitrogens with one attached hydrogen (secondary N) is 2. The maximum absolute atomic E-state index is 12.8. The molecule has 1 aromatic carbocycles. The van der Waals surface area contributed by atoms with Crippen molar-refractivity contribution in [1.82, 2.24) is 9.55 Å². The third-order valence-electron chi connectivity index (χ3n) is 4.82. The van der Waals surface area contributed by atoms with Crippen LogP contribution in [0.2, 0.25) is 0 Å². The number of carboxylic acids is 1. The number of rotatable bonds is 7. The van der Waals surface area contributed by atoms with E-state index >= 15 is 0 Å². The van der Waals surface area contributed by atoms with E-state index in [-0.39, 0.29) is 17.1 Å². The molecule has 3 rings (SSSR count). The number of hydrogen-bond donors (Lipinski definition) is 3. The standard InChI is InChI=1S/C13H16N4O3.C9H11F/c1-2-8(5-14)6-15-9-7-16-11-4-3-10(13(19)20)17(11)12(9)18;1-2-5-8-6-3-4-7-9(8)10/h2,5,7,10,14-15H,3-4,6H2,1H3,(H,19,20);3-4,6-7H,2,5H2,1H3/b8-2+,14-5?;. The van der Waals surface area contributed by atoms with Crippen molar-refractivity contribution in [3.05, 3.63) is 69.7 Å². The summed E-state index contributed by atoms with van der Waals surface area (Å²) in [6.45, 7) is 4.18. The first-order chi connectivity index (χ1) is 14.4. The number of aryl methyl sites for hydroxylation is 2. The van der Waals surface area contributed by atoms with Gasteiger partial charge in [-0.25, -0.2) is 14.2 Å². The number of nitrogens with zero attached hydrogens (tertiary/aromatic N) is 2. The number of allylic oxidation sites excluding steroid dienone is 1. The zero-order valence-electron chi connectivity index (χ0n) is 17.2. The second kappa shape index (κ2) is 11.0. The molecule has 0 amide bonds. The molecule has 0 bridgehead atoms. The summed E-state index contributed by atoms with van der Waals surface area (Å²) in [6.07, 6.45) is 7.11. The molecule has 1 aliphatic heterocycles. The predicted molar refractivity (Wildman–Crippen MR) is 115 cm³/mol. The number of halogens is 1. The van der Waals surface area contributed by atoms with Crippen LogP contribution >= 0.6 is 0 Å². The normalized spacial score (nSPS) is 15.0. The highest BCUT2D eigenvalue weighted by Crippen LogP contribution is 2.22. The molecule has 7 nitrogen and oxygen atoms in total. The minimum absolute atomic E-state index is 0.0793. The molecule has 160 valence electrons. The number of anilines is 1.